The molecule has 0 rings (SSSR count). The fourth-order valence-corrected chi connectivity index (χ4v) is 11.6. The first kappa shape index (κ1) is 80.8. The quantitative estimate of drug-likeness (QED) is 0.0320. The van der Waals surface area contributed by atoms with Gasteiger partial charge in [0.1, 0.15) is 0 Å². The van der Waals surface area contributed by atoms with Gasteiger partial charge in [-0.05, 0) is 89.9 Å². The SMILES string of the molecule is CCCCC/C=C\C/C=C\CCCCCCCCCC(=O)OCCCCCCCCCCC/C=C\C/C=C\CCCCCCCCCCCCCCCCCC(=O)NC(CO)C(O)CCCCCCCCCCCCCCCCCCCC. The van der Waals surface area contributed by atoms with Gasteiger partial charge in [0.25, 0.3) is 0 Å². The standard InChI is InChI=1S/C77H145NO5/c1-3-5-7-9-11-13-15-17-19-21-38-41-45-49-53-57-61-65-69-75(80)74(73-79)78-76(81)70-66-62-58-54-50-46-42-39-35-33-31-29-27-25-23-22-24-26-28-30-32-34-36-40-44-48-52-56-60-64-68-72-83-77(82)71-67-63-59-55-51-47-43-37-20-18-16-14-12-10-8-6-4-2/h12,14,18,20,24,26,30,32,74-75,79-80H,3-11,13,15-17,19,21-23,25,27-29,31,33-73H2,1-2H3,(H,78,81)/b14-12-,20-18-,26-24-,32-30-. The van der Waals surface area contributed by atoms with Crippen molar-refractivity contribution in [2.45, 2.75) is 418 Å². The van der Waals surface area contributed by atoms with Gasteiger partial charge < -0.3 is 20.3 Å². The van der Waals surface area contributed by atoms with Gasteiger partial charge in [-0.2, -0.15) is 0 Å². The Labute approximate surface area is 518 Å². The molecular formula is C77H145NO5. The molecule has 6 heteroatoms. The van der Waals surface area contributed by atoms with E-state index in [2.05, 4.69) is 67.8 Å². The third kappa shape index (κ3) is 68.8. The van der Waals surface area contributed by atoms with Crippen LogP contribution in [-0.2, 0) is 14.3 Å². The van der Waals surface area contributed by atoms with E-state index in [1.807, 2.05) is 0 Å². The number of nitrogens with one attached hydrogen (secondary N) is 1. The highest BCUT2D eigenvalue weighted by Gasteiger charge is 2.20. The van der Waals surface area contributed by atoms with Crippen LogP contribution in [0.25, 0.3) is 0 Å². The molecule has 83 heavy (non-hydrogen) atoms. The van der Waals surface area contributed by atoms with Crippen molar-refractivity contribution < 1.29 is 24.5 Å². The third-order valence-electron chi connectivity index (χ3n) is 17.4. The molecule has 0 aliphatic rings. The van der Waals surface area contributed by atoms with Gasteiger partial charge >= 0.3 is 5.97 Å². The summed E-state index contributed by atoms with van der Waals surface area (Å²) in [6.45, 7) is 4.96. The number of allylic oxidation sites excluding steroid dienone is 8. The maximum absolute atomic E-state index is 12.5. The molecule has 0 radical (unpaired) electrons. The lowest BCUT2D eigenvalue weighted by Gasteiger charge is -2.22. The lowest BCUT2D eigenvalue weighted by molar-refractivity contribution is -0.143. The Morgan fingerprint density at radius 1 is 0.337 bits per heavy atom. The number of carbonyl (C=O) groups is 2. The number of hydrogen-bond donors (Lipinski definition) is 3. The van der Waals surface area contributed by atoms with Crippen LogP contribution in [0, 0.1) is 0 Å². The Balaban J connectivity index is 3.39. The minimum absolute atomic E-state index is 0.00573. The first-order valence-electron chi connectivity index (χ1n) is 37.4. The zero-order chi connectivity index (χ0) is 59.9. The topological polar surface area (TPSA) is 95.9 Å². The molecule has 0 aliphatic heterocycles. The number of unbranched alkanes of at least 4 members (excludes halogenated alkanes) is 51. The molecule has 1 amide bonds. The van der Waals surface area contributed by atoms with E-state index in [0.717, 1.165) is 57.8 Å². The van der Waals surface area contributed by atoms with Crippen molar-refractivity contribution in [2.75, 3.05) is 13.2 Å². The second-order valence-corrected chi connectivity index (χ2v) is 25.6. The van der Waals surface area contributed by atoms with E-state index in [4.69, 9.17) is 4.74 Å². The van der Waals surface area contributed by atoms with Crippen LogP contribution in [0.4, 0.5) is 0 Å². The number of amides is 1. The highest BCUT2D eigenvalue weighted by Crippen LogP contribution is 2.19. The molecular weight excluding hydrogens is 1020 g/mol. The maximum Gasteiger partial charge on any atom is 0.305 e. The summed E-state index contributed by atoms with van der Waals surface area (Å²) in [5.74, 6) is -0.0253. The van der Waals surface area contributed by atoms with Crippen LogP contribution in [0.1, 0.15) is 406 Å². The summed E-state index contributed by atoms with van der Waals surface area (Å²) in [5, 5.41) is 23.4. The van der Waals surface area contributed by atoms with Crippen LogP contribution in [0.3, 0.4) is 0 Å². The summed E-state index contributed by atoms with van der Waals surface area (Å²) in [6.07, 6.45) is 94.6. The van der Waals surface area contributed by atoms with E-state index in [-0.39, 0.29) is 18.5 Å². The number of aliphatic hydroxyl groups is 2. The number of rotatable bonds is 70. The molecule has 0 aliphatic carbocycles. The van der Waals surface area contributed by atoms with Gasteiger partial charge in [-0.25, -0.2) is 0 Å². The van der Waals surface area contributed by atoms with Crippen LogP contribution in [0.2, 0.25) is 0 Å². The van der Waals surface area contributed by atoms with Crippen molar-refractivity contribution in [3.05, 3.63) is 48.6 Å². The van der Waals surface area contributed by atoms with Crippen LogP contribution < -0.4 is 5.32 Å². The number of esters is 1. The molecule has 0 bridgehead atoms. The molecule has 0 heterocycles. The molecule has 3 N–H and O–H groups in total. The zero-order valence-electron chi connectivity index (χ0n) is 55.9. The lowest BCUT2D eigenvalue weighted by Crippen LogP contribution is -2.45. The summed E-state index contributed by atoms with van der Waals surface area (Å²) in [7, 11) is 0. The van der Waals surface area contributed by atoms with Crippen LogP contribution in [0.15, 0.2) is 48.6 Å². The summed E-state index contributed by atoms with van der Waals surface area (Å²) < 4.78 is 5.50. The van der Waals surface area contributed by atoms with Crippen molar-refractivity contribution in [1.82, 2.24) is 5.32 Å². The Morgan fingerprint density at radius 3 is 0.940 bits per heavy atom. The molecule has 0 spiro atoms. The summed E-state index contributed by atoms with van der Waals surface area (Å²) in [4.78, 5) is 24.6. The number of aliphatic hydroxyl groups excluding tert-OH is 2. The Bertz CT molecular complexity index is 1390. The van der Waals surface area contributed by atoms with Gasteiger partial charge in [-0.15, -0.1) is 0 Å². The van der Waals surface area contributed by atoms with E-state index in [1.165, 1.54) is 315 Å². The normalized spacial score (nSPS) is 12.8. The number of carbonyl (C=O) groups excluding carboxylic acids is 2. The number of hydrogen-bond acceptors (Lipinski definition) is 5. The van der Waals surface area contributed by atoms with Crippen LogP contribution in [-0.4, -0.2) is 47.4 Å². The van der Waals surface area contributed by atoms with Gasteiger partial charge in [0.15, 0.2) is 0 Å². The van der Waals surface area contributed by atoms with E-state index >= 15 is 0 Å². The van der Waals surface area contributed by atoms with Crippen molar-refractivity contribution in [1.29, 1.82) is 0 Å². The molecule has 6 nitrogen and oxygen atoms in total. The largest absolute Gasteiger partial charge is 0.466 e. The molecule has 0 saturated heterocycles. The van der Waals surface area contributed by atoms with Gasteiger partial charge in [0.2, 0.25) is 5.91 Å². The van der Waals surface area contributed by atoms with Crippen molar-refractivity contribution in [3.8, 4) is 0 Å². The van der Waals surface area contributed by atoms with E-state index in [1.54, 1.807) is 0 Å². The zero-order valence-corrected chi connectivity index (χ0v) is 55.9. The molecule has 0 saturated carbocycles. The van der Waals surface area contributed by atoms with E-state index in [0.29, 0.717) is 25.9 Å². The van der Waals surface area contributed by atoms with Crippen LogP contribution in [0.5, 0.6) is 0 Å². The molecule has 2 unspecified atom stereocenters. The predicted octanol–water partition coefficient (Wildman–Crippen LogP) is 24.4. The monoisotopic (exact) mass is 1160 g/mol. The van der Waals surface area contributed by atoms with Gasteiger partial charge in [0, 0.05) is 12.8 Å². The van der Waals surface area contributed by atoms with Gasteiger partial charge in [-0.3, -0.25) is 9.59 Å². The molecule has 0 fully saturated rings. The first-order chi connectivity index (χ1) is 41.0. The smallest absolute Gasteiger partial charge is 0.305 e. The Morgan fingerprint density at radius 2 is 0.602 bits per heavy atom. The highest BCUT2D eigenvalue weighted by atomic mass is 16.5. The fraction of sp³-hybridized carbons (Fsp3) is 0.870. The van der Waals surface area contributed by atoms with E-state index < -0.39 is 12.1 Å². The summed E-state index contributed by atoms with van der Waals surface area (Å²) in [6, 6.07) is -0.542. The minimum atomic E-state index is -0.665. The molecule has 0 aromatic carbocycles. The maximum atomic E-state index is 12.5. The number of ether oxygens (including phenoxy) is 1. The molecule has 0 aromatic heterocycles. The van der Waals surface area contributed by atoms with Gasteiger partial charge in [0.05, 0.1) is 25.4 Å². The van der Waals surface area contributed by atoms with Crippen molar-refractivity contribution >= 4 is 11.9 Å². The molecule has 0 aromatic rings. The average molecular weight is 1170 g/mol. The minimum Gasteiger partial charge on any atom is -0.466 e. The Kier molecular flexibility index (Phi) is 70.4. The van der Waals surface area contributed by atoms with Gasteiger partial charge in [-0.1, -0.05) is 351 Å². The summed E-state index contributed by atoms with van der Waals surface area (Å²) in [5.41, 5.74) is 0. The molecule has 2 atom stereocenters. The van der Waals surface area contributed by atoms with Crippen molar-refractivity contribution in [2.24, 2.45) is 0 Å². The highest BCUT2D eigenvalue weighted by molar-refractivity contribution is 5.76. The lowest BCUT2D eigenvalue weighted by atomic mass is 10.0. The first-order valence-corrected chi connectivity index (χ1v) is 37.4. The second-order valence-electron chi connectivity index (χ2n) is 25.6. The Hall–Kier alpha value is -2.18. The third-order valence-corrected chi connectivity index (χ3v) is 17.4. The summed E-state index contributed by atoms with van der Waals surface area (Å²) >= 11 is 0. The molecule has 488 valence electrons. The average Bonchev–Trinajstić information content (AvgIpc) is 3.49. The fourth-order valence-electron chi connectivity index (χ4n) is 11.6. The predicted molar refractivity (Wildman–Crippen MR) is 366 cm³/mol. The van der Waals surface area contributed by atoms with E-state index in [9.17, 15) is 19.8 Å². The van der Waals surface area contributed by atoms with Crippen LogP contribution >= 0.6 is 0 Å². The second kappa shape index (κ2) is 72.3. The van der Waals surface area contributed by atoms with Crippen molar-refractivity contribution in [3.63, 3.8) is 0 Å².